The van der Waals surface area contributed by atoms with Gasteiger partial charge in [0, 0.05) is 0 Å². The van der Waals surface area contributed by atoms with Crippen LogP contribution in [0, 0.1) is 0 Å². The summed E-state index contributed by atoms with van der Waals surface area (Å²) < 4.78 is 37.1. The molecule has 0 radical (unpaired) electrons. The second-order valence-electron chi connectivity index (χ2n) is 4.03. The van der Waals surface area contributed by atoms with Crippen LogP contribution in [-0.4, -0.2) is 28.3 Å². The van der Waals surface area contributed by atoms with Crippen LogP contribution < -0.4 is 3.71 Å². The Labute approximate surface area is 98.2 Å². The second kappa shape index (κ2) is 5.84. The molecule has 1 aromatic heterocycles. The van der Waals surface area contributed by atoms with Crippen LogP contribution in [0.4, 0.5) is 13.2 Å². The predicted octanol–water partition coefficient (Wildman–Crippen LogP) is 3.07. The van der Waals surface area contributed by atoms with E-state index in [0.717, 1.165) is 9.91 Å². The Balaban J connectivity index is 0.00000106. The fraction of sp³-hybridized carbons (Fsp3) is 0.600. The van der Waals surface area contributed by atoms with Crippen LogP contribution in [0.3, 0.4) is 0 Å². The van der Waals surface area contributed by atoms with Crippen LogP contribution in [0.2, 0.25) is 14.8 Å². The molecule has 0 N–H and O–H groups in total. The summed E-state index contributed by atoms with van der Waals surface area (Å²) in [5, 5.41) is 0. The Hall–Kier alpha value is -0.331. The van der Waals surface area contributed by atoms with Gasteiger partial charge in [0.15, 0.2) is 0 Å². The molecular weight excluding hydrogens is 324 g/mol. The van der Waals surface area contributed by atoms with E-state index in [9.17, 15) is 13.2 Å². The molecule has 0 fully saturated rings. The standard InChI is InChI=1S/C5H2F3N2.C2H6.3CH3.Sn/c6-5(7,8)4-3-9-1-2-10-4;1-2;;;;/h2-3H;1-2H3;3*1H3;. The van der Waals surface area contributed by atoms with E-state index in [2.05, 4.69) is 24.8 Å². The van der Waals surface area contributed by atoms with E-state index in [-0.39, 0.29) is 0 Å². The van der Waals surface area contributed by atoms with Gasteiger partial charge in [0.25, 0.3) is 0 Å². The third-order valence-electron chi connectivity index (χ3n) is 1.71. The van der Waals surface area contributed by atoms with Crippen LogP contribution in [0.5, 0.6) is 0 Å². The molecule has 0 saturated carbocycles. The number of nitrogens with zero attached hydrogens (tertiary/aromatic N) is 2. The van der Waals surface area contributed by atoms with Gasteiger partial charge < -0.3 is 0 Å². The van der Waals surface area contributed by atoms with Crippen LogP contribution in [0.25, 0.3) is 0 Å². The van der Waals surface area contributed by atoms with Crippen LogP contribution in [-0.2, 0) is 6.18 Å². The molecule has 2 nitrogen and oxygen atoms in total. The van der Waals surface area contributed by atoms with Crippen molar-refractivity contribution in [1.82, 2.24) is 9.97 Å². The summed E-state index contributed by atoms with van der Waals surface area (Å²) in [6.45, 7) is 4.00. The van der Waals surface area contributed by atoms with Crippen LogP contribution >= 0.6 is 0 Å². The van der Waals surface area contributed by atoms with Crippen molar-refractivity contribution in [3.05, 3.63) is 18.1 Å². The van der Waals surface area contributed by atoms with Crippen molar-refractivity contribution in [3.8, 4) is 0 Å². The van der Waals surface area contributed by atoms with Crippen molar-refractivity contribution in [1.29, 1.82) is 0 Å². The third kappa shape index (κ3) is 4.67. The van der Waals surface area contributed by atoms with Gasteiger partial charge in [-0.15, -0.1) is 0 Å². The summed E-state index contributed by atoms with van der Waals surface area (Å²) in [4.78, 5) is 13.4. The van der Waals surface area contributed by atoms with Gasteiger partial charge in [-0.05, 0) is 0 Å². The molecule has 0 bridgehead atoms. The molecule has 1 aromatic rings. The number of alkyl halides is 3. The van der Waals surface area contributed by atoms with Crippen LogP contribution in [0.15, 0.2) is 12.4 Å². The van der Waals surface area contributed by atoms with Crippen molar-refractivity contribution in [2.75, 3.05) is 0 Å². The monoisotopic (exact) mass is 342 g/mol. The van der Waals surface area contributed by atoms with Crippen molar-refractivity contribution >= 4 is 22.1 Å². The number of halogens is 3. The summed E-state index contributed by atoms with van der Waals surface area (Å²) in [7, 11) is 0. The molecule has 0 amide bonds. The molecular formula is C10H17F3N2Sn. The molecule has 1 rings (SSSR count). The molecule has 0 spiro atoms. The van der Waals surface area contributed by atoms with Gasteiger partial charge in [-0.1, -0.05) is 13.8 Å². The first-order valence-corrected chi connectivity index (χ1v) is 15.1. The van der Waals surface area contributed by atoms with E-state index in [1.54, 1.807) is 0 Å². The summed E-state index contributed by atoms with van der Waals surface area (Å²) in [6, 6.07) is 0. The number of hydrogen-bond acceptors (Lipinski definition) is 2. The topological polar surface area (TPSA) is 25.8 Å². The van der Waals surface area contributed by atoms with Gasteiger partial charge in [-0.3, -0.25) is 0 Å². The zero-order valence-corrected chi connectivity index (χ0v) is 13.0. The minimum absolute atomic E-state index is 0.757. The average molecular weight is 341 g/mol. The van der Waals surface area contributed by atoms with E-state index in [0.29, 0.717) is 0 Å². The Bertz CT molecular complexity index is 281. The predicted molar refractivity (Wildman–Crippen MR) is 61.4 cm³/mol. The Morgan fingerprint density at radius 3 is 1.75 bits per heavy atom. The summed E-state index contributed by atoms with van der Waals surface area (Å²) in [5.41, 5.74) is -0.920. The van der Waals surface area contributed by atoms with Crippen molar-refractivity contribution in [2.24, 2.45) is 0 Å². The molecule has 6 heteroatoms. The normalized spacial score (nSPS) is 11.8. The van der Waals surface area contributed by atoms with E-state index < -0.39 is 30.2 Å². The molecule has 16 heavy (non-hydrogen) atoms. The maximum atomic E-state index is 12.1. The fourth-order valence-electron chi connectivity index (χ4n) is 0.862. The molecule has 0 aromatic carbocycles. The number of rotatable bonds is 1. The SMILES string of the molecule is CC.[CH3][Sn]([CH3])([CH3])[c]1cnc(C(F)(F)F)cn1. The Morgan fingerprint density at radius 1 is 1.00 bits per heavy atom. The van der Waals surface area contributed by atoms with Gasteiger partial charge in [0.05, 0.1) is 0 Å². The first kappa shape index (κ1) is 15.7. The third-order valence-corrected chi connectivity index (χ3v) is 6.83. The molecule has 0 saturated heterocycles. The van der Waals surface area contributed by atoms with Crippen molar-refractivity contribution < 1.29 is 13.2 Å². The Morgan fingerprint density at radius 2 is 1.50 bits per heavy atom. The first-order valence-electron chi connectivity index (χ1n) is 5.11. The zero-order valence-electron chi connectivity index (χ0n) is 10.2. The Kier molecular flexibility index (Phi) is 5.72. The second-order valence-corrected chi connectivity index (χ2v) is 18.3. The van der Waals surface area contributed by atoms with Gasteiger partial charge in [-0.2, -0.15) is 0 Å². The molecule has 0 aliphatic carbocycles. The van der Waals surface area contributed by atoms with Crippen molar-refractivity contribution in [2.45, 2.75) is 34.8 Å². The molecule has 0 unspecified atom stereocenters. The van der Waals surface area contributed by atoms with E-state index in [1.807, 2.05) is 13.8 Å². The summed E-state index contributed by atoms with van der Waals surface area (Å²) in [6.07, 6.45) is -2.31. The minimum atomic E-state index is -4.39. The summed E-state index contributed by atoms with van der Waals surface area (Å²) >= 11 is -2.36. The van der Waals surface area contributed by atoms with Crippen LogP contribution in [0.1, 0.15) is 19.5 Å². The van der Waals surface area contributed by atoms with Gasteiger partial charge in [-0.25, -0.2) is 0 Å². The number of hydrogen-bond donors (Lipinski definition) is 0. The molecule has 1 heterocycles. The first-order chi connectivity index (χ1) is 7.21. The molecule has 92 valence electrons. The van der Waals surface area contributed by atoms with Gasteiger partial charge in [0.1, 0.15) is 0 Å². The molecule has 0 atom stereocenters. The zero-order chi connectivity index (χ0) is 13.0. The fourth-order valence-corrected chi connectivity index (χ4v) is 3.44. The summed E-state index contributed by atoms with van der Waals surface area (Å²) in [5.74, 6) is 0. The van der Waals surface area contributed by atoms with Gasteiger partial charge in [0.2, 0.25) is 0 Å². The van der Waals surface area contributed by atoms with E-state index >= 15 is 0 Å². The average Bonchev–Trinajstić information content (AvgIpc) is 2.18. The molecule has 0 aliphatic heterocycles. The van der Waals surface area contributed by atoms with E-state index in [4.69, 9.17) is 0 Å². The van der Waals surface area contributed by atoms with Crippen molar-refractivity contribution in [3.63, 3.8) is 0 Å². The van der Waals surface area contributed by atoms with Gasteiger partial charge >= 0.3 is 84.3 Å². The quantitative estimate of drug-likeness (QED) is 0.734. The maximum absolute atomic E-state index is 12.1. The molecule has 0 aliphatic rings. The van der Waals surface area contributed by atoms with E-state index in [1.165, 1.54) is 6.20 Å². The number of aromatic nitrogens is 2.